The lowest BCUT2D eigenvalue weighted by atomic mass is 9.99. The number of hydrogen-bond acceptors (Lipinski definition) is 4. The van der Waals surface area contributed by atoms with Gasteiger partial charge in [-0.1, -0.05) is 6.92 Å². The summed E-state index contributed by atoms with van der Waals surface area (Å²) in [6.07, 6.45) is 2.00. The van der Waals surface area contributed by atoms with Crippen LogP contribution in [0.1, 0.15) is 37.2 Å². The Balaban J connectivity index is 1.68. The van der Waals surface area contributed by atoms with Gasteiger partial charge in [-0.25, -0.2) is 9.37 Å². The average Bonchev–Trinajstić information content (AvgIpc) is 2.75. The number of nitrogens with one attached hydrogen (secondary N) is 1. The number of likely N-dealkylation sites (tertiary alicyclic amines) is 1. The number of carbonyl (C=O) groups excluding carboxylic acids is 1. The fourth-order valence-electron chi connectivity index (χ4n) is 3.74. The van der Waals surface area contributed by atoms with E-state index in [0.717, 1.165) is 37.4 Å². The first kappa shape index (κ1) is 20.1. The molecular formula is C24H26FN3O2. The number of carbonyl (C=O) groups is 1. The molecule has 3 aromatic rings. The van der Waals surface area contributed by atoms with Crippen LogP contribution in [0.25, 0.3) is 10.9 Å². The van der Waals surface area contributed by atoms with E-state index in [-0.39, 0.29) is 11.7 Å². The molecule has 0 unspecified atom stereocenters. The topological polar surface area (TPSA) is 54.5 Å². The van der Waals surface area contributed by atoms with Gasteiger partial charge in [0.25, 0.3) is 5.91 Å². The van der Waals surface area contributed by atoms with Crippen molar-refractivity contribution in [3.8, 4) is 5.75 Å². The predicted molar refractivity (Wildman–Crippen MR) is 117 cm³/mol. The van der Waals surface area contributed by atoms with E-state index in [0.29, 0.717) is 34.8 Å². The molecule has 156 valence electrons. The molecular weight excluding hydrogens is 381 g/mol. The van der Waals surface area contributed by atoms with Gasteiger partial charge in [0.2, 0.25) is 0 Å². The van der Waals surface area contributed by atoms with E-state index in [4.69, 9.17) is 4.74 Å². The maximum absolute atomic E-state index is 13.9. The van der Waals surface area contributed by atoms with Gasteiger partial charge in [0.05, 0.1) is 17.8 Å². The third-order valence-electron chi connectivity index (χ3n) is 5.51. The summed E-state index contributed by atoms with van der Waals surface area (Å²) >= 11 is 0. The van der Waals surface area contributed by atoms with E-state index < -0.39 is 0 Å². The zero-order valence-electron chi connectivity index (χ0n) is 17.3. The third-order valence-corrected chi connectivity index (χ3v) is 5.51. The Morgan fingerprint density at radius 3 is 2.60 bits per heavy atom. The second-order valence-corrected chi connectivity index (χ2v) is 7.77. The first-order chi connectivity index (χ1) is 14.5. The van der Waals surface area contributed by atoms with Crippen molar-refractivity contribution in [1.29, 1.82) is 0 Å². The van der Waals surface area contributed by atoms with E-state index in [2.05, 4.69) is 17.2 Å². The number of anilines is 2. The Morgan fingerprint density at radius 2 is 1.90 bits per heavy atom. The monoisotopic (exact) mass is 407 g/mol. The Bertz CT molecular complexity index is 1040. The van der Waals surface area contributed by atoms with Crippen LogP contribution >= 0.6 is 0 Å². The fourth-order valence-corrected chi connectivity index (χ4v) is 3.74. The molecule has 1 saturated heterocycles. The van der Waals surface area contributed by atoms with Crippen LogP contribution in [0.15, 0.2) is 48.5 Å². The molecule has 0 bridgehead atoms. The normalized spacial score (nSPS) is 14.7. The standard InChI is InChI=1S/C24H26FN3O2/c1-3-30-19-7-5-18(6-8-19)26-22-15-23(24(29)28-12-10-16(2)11-13-28)27-21-9-4-17(25)14-20(21)22/h4-9,14-16H,3,10-13H2,1-2H3,(H,26,27). The number of fused-ring (bicyclic) bond motifs is 1. The summed E-state index contributed by atoms with van der Waals surface area (Å²) < 4.78 is 19.4. The SMILES string of the molecule is CCOc1ccc(Nc2cc(C(=O)N3CCC(C)CC3)nc3ccc(F)cc23)cc1. The molecule has 0 saturated carbocycles. The Morgan fingerprint density at radius 1 is 1.17 bits per heavy atom. The molecule has 0 radical (unpaired) electrons. The van der Waals surface area contributed by atoms with Crippen molar-refractivity contribution < 1.29 is 13.9 Å². The largest absolute Gasteiger partial charge is 0.494 e. The summed E-state index contributed by atoms with van der Waals surface area (Å²) in [6.45, 7) is 6.23. The van der Waals surface area contributed by atoms with Crippen molar-refractivity contribution in [2.75, 3.05) is 25.0 Å². The highest BCUT2D eigenvalue weighted by Gasteiger charge is 2.23. The number of benzene rings is 2. The molecule has 6 heteroatoms. The number of nitrogens with zero attached hydrogens (tertiary/aromatic N) is 2. The van der Waals surface area contributed by atoms with Gasteiger partial charge in [-0.05, 0) is 74.2 Å². The molecule has 4 rings (SSSR count). The van der Waals surface area contributed by atoms with E-state index in [1.165, 1.54) is 12.1 Å². The van der Waals surface area contributed by atoms with Gasteiger partial charge >= 0.3 is 0 Å². The number of halogens is 1. The Labute approximate surface area is 175 Å². The summed E-state index contributed by atoms with van der Waals surface area (Å²) in [6, 6.07) is 13.7. The summed E-state index contributed by atoms with van der Waals surface area (Å²) in [7, 11) is 0. The quantitative estimate of drug-likeness (QED) is 0.616. The number of hydrogen-bond donors (Lipinski definition) is 1. The smallest absolute Gasteiger partial charge is 0.272 e. The van der Waals surface area contributed by atoms with Crippen LogP contribution in [-0.2, 0) is 0 Å². The summed E-state index contributed by atoms with van der Waals surface area (Å²) in [5.74, 6) is 0.994. The highest BCUT2D eigenvalue weighted by atomic mass is 19.1. The van der Waals surface area contributed by atoms with Crippen LogP contribution in [0.4, 0.5) is 15.8 Å². The van der Waals surface area contributed by atoms with Gasteiger partial charge in [-0.2, -0.15) is 0 Å². The Hall–Kier alpha value is -3.15. The number of piperidine rings is 1. The van der Waals surface area contributed by atoms with Crippen molar-refractivity contribution in [3.63, 3.8) is 0 Å². The van der Waals surface area contributed by atoms with E-state index in [1.807, 2.05) is 36.1 Å². The van der Waals surface area contributed by atoms with Gasteiger partial charge in [-0.15, -0.1) is 0 Å². The van der Waals surface area contributed by atoms with E-state index in [9.17, 15) is 9.18 Å². The van der Waals surface area contributed by atoms with Crippen LogP contribution in [0, 0.1) is 11.7 Å². The fraction of sp³-hybridized carbons (Fsp3) is 0.333. The molecule has 2 heterocycles. The molecule has 1 N–H and O–H groups in total. The molecule has 0 spiro atoms. The highest BCUT2D eigenvalue weighted by Crippen LogP contribution is 2.29. The van der Waals surface area contributed by atoms with Crippen LogP contribution in [0.2, 0.25) is 0 Å². The second-order valence-electron chi connectivity index (χ2n) is 7.77. The van der Waals surface area contributed by atoms with Crippen molar-refractivity contribution >= 4 is 28.2 Å². The number of rotatable bonds is 5. The van der Waals surface area contributed by atoms with Gasteiger partial charge in [0.15, 0.2) is 0 Å². The molecule has 1 fully saturated rings. The van der Waals surface area contributed by atoms with Gasteiger partial charge in [-0.3, -0.25) is 4.79 Å². The number of ether oxygens (including phenoxy) is 1. The first-order valence-corrected chi connectivity index (χ1v) is 10.4. The molecule has 1 aliphatic heterocycles. The lowest BCUT2D eigenvalue weighted by molar-refractivity contribution is 0.0691. The van der Waals surface area contributed by atoms with Gasteiger partial charge < -0.3 is 15.0 Å². The van der Waals surface area contributed by atoms with Gasteiger partial charge in [0, 0.05) is 24.2 Å². The predicted octanol–water partition coefficient (Wildman–Crippen LogP) is 5.39. The average molecular weight is 407 g/mol. The minimum absolute atomic E-state index is 0.0807. The molecule has 1 aromatic heterocycles. The maximum atomic E-state index is 13.9. The molecule has 0 atom stereocenters. The van der Waals surface area contributed by atoms with Crippen LogP contribution < -0.4 is 10.1 Å². The summed E-state index contributed by atoms with van der Waals surface area (Å²) in [5, 5.41) is 3.95. The maximum Gasteiger partial charge on any atom is 0.272 e. The molecule has 1 aliphatic rings. The third kappa shape index (κ3) is 4.37. The lowest BCUT2D eigenvalue weighted by Crippen LogP contribution is -2.38. The van der Waals surface area contributed by atoms with Gasteiger partial charge in [0.1, 0.15) is 17.3 Å². The van der Waals surface area contributed by atoms with Crippen molar-refractivity contribution in [2.24, 2.45) is 5.92 Å². The first-order valence-electron chi connectivity index (χ1n) is 10.4. The molecule has 2 aromatic carbocycles. The van der Waals surface area contributed by atoms with E-state index >= 15 is 0 Å². The minimum atomic E-state index is -0.344. The van der Waals surface area contributed by atoms with Crippen LogP contribution in [0.5, 0.6) is 5.75 Å². The summed E-state index contributed by atoms with van der Waals surface area (Å²) in [4.78, 5) is 19.5. The second kappa shape index (κ2) is 8.69. The van der Waals surface area contributed by atoms with Crippen LogP contribution in [-0.4, -0.2) is 35.5 Å². The zero-order valence-corrected chi connectivity index (χ0v) is 17.3. The molecule has 1 amide bonds. The van der Waals surface area contributed by atoms with Crippen molar-refractivity contribution in [3.05, 3.63) is 60.0 Å². The number of amides is 1. The highest BCUT2D eigenvalue weighted by molar-refractivity contribution is 6.00. The molecule has 0 aliphatic carbocycles. The zero-order chi connectivity index (χ0) is 21.1. The van der Waals surface area contributed by atoms with Crippen LogP contribution in [0.3, 0.4) is 0 Å². The molecule has 5 nitrogen and oxygen atoms in total. The Kier molecular flexibility index (Phi) is 5.84. The summed E-state index contributed by atoms with van der Waals surface area (Å²) in [5.41, 5.74) is 2.43. The van der Waals surface area contributed by atoms with Crippen molar-refractivity contribution in [1.82, 2.24) is 9.88 Å². The molecule has 30 heavy (non-hydrogen) atoms. The minimum Gasteiger partial charge on any atom is -0.494 e. The van der Waals surface area contributed by atoms with Crippen molar-refractivity contribution in [2.45, 2.75) is 26.7 Å². The number of aromatic nitrogens is 1. The lowest BCUT2D eigenvalue weighted by Gasteiger charge is -2.30. The number of pyridine rings is 1. The van der Waals surface area contributed by atoms with E-state index in [1.54, 1.807) is 12.1 Å².